The van der Waals surface area contributed by atoms with Crippen LogP contribution in [0.5, 0.6) is 0 Å². The van der Waals surface area contributed by atoms with Crippen LogP contribution >= 0.6 is 15.9 Å². The van der Waals surface area contributed by atoms with Crippen molar-refractivity contribution in [3.8, 4) is 6.07 Å². The van der Waals surface area contributed by atoms with Crippen LogP contribution < -0.4 is 27.2 Å². The molecule has 3 heterocycles. The highest BCUT2D eigenvalue weighted by molar-refractivity contribution is 9.10. The molecule has 9 nitrogen and oxygen atoms in total. The molecule has 0 amide bonds. The number of aromatic amines is 1. The van der Waals surface area contributed by atoms with Gasteiger partial charge in [0.25, 0.3) is 11.1 Å². The molecule has 5 rings (SSSR count). The van der Waals surface area contributed by atoms with Gasteiger partial charge in [0.1, 0.15) is 6.07 Å². The maximum absolute atomic E-state index is 13.2. The average Bonchev–Trinajstić information content (AvgIpc) is 3.16. The number of H-pyrrole nitrogens is 1. The number of hydrazine groups is 1. The van der Waals surface area contributed by atoms with Crippen molar-refractivity contribution in [2.24, 2.45) is 0 Å². The second-order valence-corrected chi connectivity index (χ2v) is 8.00. The number of nitrogens with one attached hydrogen (secondary N) is 3. The first-order valence-electron chi connectivity index (χ1n) is 9.53. The molecule has 0 spiro atoms. The van der Waals surface area contributed by atoms with Crippen LogP contribution in [0.2, 0.25) is 0 Å². The van der Waals surface area contributed by atoms with E-state index in [2.05, 4.69) is 47.8 Å². The number of benzene rings is 2. The number of nitriles is 1. The van der Waals surface area contributed by atoms with Crippen LogP contribution in [0.4, 0.5) is 5.95 Å². The van der Waals surface area contributed by atoms with Crippen molar-refractivity contribution in [3.05, 3.63) is 84.0 Å². The summed E-state index contributed by atoms with van der Waals surface area (Å²) in [5.74, 6) is 0.181. The van der Waals surface area contributed by atoms with Gasteiger partial charge >= 0.3 is 0 Å². The van der Waals surface area contributed by atoms with Gasteiger partial charge in [0, 0.05) is 10.7 Å². The minimum absolute atomic E-state index is 0.181. The third-order valence-electron chi connectivity index (χ3n) is 5.18. The fourth-order valence-corrected chi connectivity index (χ4v) is 3.99. The summed E-state index contributed by atoms with van der Waals surface area (Å²) in [5.41, 5.74) is 7.87. The van der Waals surface area contributed by atoms with Gasteiger partial charge < -0.3 is 5.43 Å². The molecular formula is C22H14BrN7O2. The molecule has 0 atom stereocenters. The van der Waals surface area contributed by atoms with E-state index >= 15 is 0 Å². The molecule has 0 unspecified atom stereocenters. The minimum atomic E-state index is -0.315. The first-order valence-corrected chi connectivity index (χ1v) is 10.3. The molecule has 10 heteroatoms. The lowest BCUT2D eigenvalue weighted by molar-refractivity contribution is 1.02. The number of aromatic nitrogens is 4. The minimum Gasteiger partial charge on any atom is -0.305 e. The Morgan fingerprint density at radius 2 is 1.97 bits per heavy atom. The molecule has 0 bridgehead atoms. The number of halogens is 1. The van der Waals surface area contributed by atoms with Gasteiger partial charge in [0.05, 0.1) is 32.7 Å². The van der Waals surface area contributed by atoms with E-state index in [0.717, 1.165) is 4.47 Å². The molecule has 3 N–H and O–H groups in total. The average molecular weight is 488 g/mol. The predicted molar refractivity (Wildman–Crippen MR) is 125 cm³/mol. The summed E-state index contributed by atoms with van der Waals surface area (Å²) < 4.78 is 2.21. The quantitative estimate of drug-likeness (QED) is 0.332. The second-order valence-electron chi connectivity index (χ2n) is 7.08. The molecule has 0 aliphatic rings. The van der Waals surface area contributed by atoms with Crippen molar-refractivity contribution in [1.82, 2.24) is 24.8 Å². The number of pyridine rings is 1. The highest BCUT2D eigenvalue weighted by Crippen LogP contribution is 2.18. The number of anilines is 1. The van der Waals surface area contributed by atoms with Gasteiger partial charge in [-0.2, -0.15) is 5.26 Å². The van der Waals surface area contributed by atoms with E-state index in [4.69, 9.17) is 0 Å². The van der Waals surface area contributed by atoms with Gasteiger partial charge in [0.15, 0.2) is 5.65 Å². The van der Waals surface area contributed by atoms with Crippen LogP contribution in [0.25, 0.3) is 33.8 Å². The van der Waals surface area contributed by atoms with Crippen LogP contribution in [-0.2, 0) is 0 Å². The van der Waals surface area contributed by atoms with Gasteiger partial charge in [-0.05, 0) is 42.8 Å². The normalized spacial score (nSPS) is 11.8. The van der Waals surface area contributed by atoms with E-state index in [1.165, 1.54) is 10.6 Å². The number of imidazole rings is 1. The molecule has 0 radical (unpaired) electrons. The lowest BCUT2D eigenvalue weighted by atomic mass is 10.1. The van der Waals surface area contributed by atoms with Gasteiger partial charge in [0.2, 0.25) is 5.95 Å². The standard InChI is InChI=1S/C22H14BrN7O2/c1-11-14(9-24)19-26-17-4-2-3-5-18(17)30(19)21(32)15(11)10-25-29-22-27-16-7-6-12(23)8-13(16)20(31)28-22/h2-8,10,25H,1H3,(H2,27,28,29,31)/b15-10+. The van der Waals surface area contributed by atoms with E-state index in [0.29, 0.717) is 38.7 Å². The highest BCUT2D eigenvalue weighted by Gasteiger charge is 2.15. The van der Waals surface area contributed by atoms with E-state index < -0.39 is 0 Å². The predicted octanol–water partition coefficient (Wildman–Crippen LogP) is 2.10. The summed E-state index contributed by atoms with van der Waals surface area (Å²) >= 11 is 3.33. The molecule has 0 aliphatic carbocycles. The highest BCUT2D eigenvalue weighted by atomic mass is 79.9. The van der Waals surface area contributed by atoms with E-state index in [9.17, 15) is 14.9 Å². The van der Waals surface area contributed by atoms with Gasteiger partial charge in [-0.25, -0.2) is 9.97 Å². The third kappa shape index (κ3) is 3.07. The summed E-state index contributed by atoms with van der Waals surface area (Å²) in [7, 11) is 0. The SMILES string of the molecule is Cc1c(C#N)c2nc3ccccc3n2c(=O)/c1=C/NNc1nc2ccc(Br)cc2c(=O)[nH]1. The molecule has 156 valence electrons. The second kappa shape index (κ2) is 7.47. The first kappa shape index (κ1) is 19.7. The lowest BCUT2D eigenvalue weighted by Gasteiger charge is -2.07. The Hall–Kier alpha value is -4.23. The maximum atomic E-state index is 13.2. The van der Waals surface area contributed by atoms with Crippen molar-refractivity contribution in [1.29, 1.82) is 5.26 Å². The Morgan fingerprint density at radius 3 is 2.78 bits per heavy atom. The molecule has 5 aromatic rings. The fraction of sp³-hybridized carbons (Fsp3) is 0.0455. The van der Waals surface area contributed by atoms with Crippen LogP contribution in [0.3, 0.4) is 0 Å². The van der Waals surface area contributed by atoms with Crippen LogP contribution in [-0.4, -0.2) is 19.4 Å². The maximum Gasteiger partial charge on any atom is 0.265 e. The Bertz CT molecular complexity index is 1770. The lowest BCUT2D eigenvalue weighted by Crippen LogP contribution is -2.36. The summed E-state index contributed by atoms with van der Waals surface area (Å²) in [6, 6.07) is 14.6. The van der Waals surface area contributed by atoms with Gasteiger partial charge in [-0.15, -0.1) is 0 Å². The van der Waals surface area contributed by atoms with Crippen molar-refractivity contribution < 1.29 is 0 Å². The molecular weight excluding hydrogens is 474 g/mol. The number of fused-ring (bicyclic) bond motifs is 4. The summed E-state index contributed by atoms with van der Waals surface area (Å²) in [6.07, 6.45) is 1.44. The molecule has 0 fully saturated rings. The first-order chi connectivity index (χ1) is 15.5. The zero-order chi connectivity index (χ0) is 22.4. The van der Waals surface area contributed by atoms with Crippen LogP contribution in [0, 0.1) is 18.3 Å². The molecule has 0 saturated heterocycles. The Kier molecular flexibility index (Phi) is 4.61. The van der Waals surface area contributed by atoms with Crippen LogP contribution in [0.15, 0.2) is 56.5 Å². The Labute approximate surface area is 188 Å². The monoisotopic (exact) mass is 487 g/mol. The summed E-state index contributed by atoms with van der Waals surface area (Å²) in [5, 5.41) is 10.4. The number of nitrogens with zero attached hydrogens (tertiary/aromatic N) is 4. The number of rotatable bonds is 3. The number of hydrogen-bond acceptors (Lipinski definition) is 7. The van der Waals surface area contributed by atoms with E-state index in [1.807, 2.05) is 12.1 Å². The van der Waals surface area contributed by atoms with Gasteiger partial charge in [-0.1, -0.05) is 28.1 Å². The van der Waals surface area contributed by atoms with Crippen molar-refractivity contribution in [3.63, 3.8) is 0 Å². The van der Waals surface area contributed by atoms with Gasteiger partial charge in [-0.3, -0.25) is 24.4 Å². The third-order valence-corrected chi connectivity index (χ3v) is 5.68. The van der Waals surface area contributed by atoms with E-state index in [1.54, 1.807) is 37.3 Å². The Morgan fingerprint density at radius 1 is 1.16 bits per heavy atom. The topological polar surface area (TPSA) is 128 Å². The zero-order valence-electron chi connectivity index (χ0n) is 16.6. The van der Waals surface area contributed by atoms with E-state index in [-0.39, 0.29) is 22.3 Å². The van der Waals surface area contributed by atoms with Crippen LogP contribution in [0.1, 0.15) is 11.1 Å². The zero-order valence-corrected chi connectivity index (χ0v) is 18.2. The molecule has 0 aliphatic heterocycles. The largest absolute Gasteiger partial charge is 0.305 e. The number of hydrogen-bond donors (Lipinski definition) is 3. The summed E-state index contributed by atoms with van der Waals surface area (Å²) in [6.45, 7) is 1.70. The fourth-order valence-electron chi connectivity index (χ4n) is 3.63. The summed E-state index contributed by atoms with van der Waals surface area (Å²) in [4.78, 5) is 37.0. The Balaban J connectivity index is 1.60. The van der Waals surface area contributed by atoms with Crippen molar-refractivity contribution >= 4 is 55.7 Å². The van der Waals surface area contributed by atoms with Crippen molar-refractivity contribution in [2.75, 3.05) is 5.43 Å². The smallest absolute Gasteiger partial charge is 0.265 e. The molecule has 32 heavy (non-hydrogen) atoms. The van der Waals surface area contributed by atoms with Crippen molar-refractivity contribution in [2.45, 2.75) is 6.92 Å². The molecule has 2 aromatic carbocycles. The molecule has 3 aromatic heterocycles. The molecule has 0 saturated carbocycles. The number of para-hydroxylation sites is 2.